The average Bonchev–Trinajstić information content (AvgIpc) is 2.90. The molecule has 110 valence electrons. The molecule has 2 N–H and O–H groups in total. The molecule has 1 saturated carbocycles. The van der Waals surface area contributed by atoms with Crippen LogP contribution in [0.15, 0.2) is 30.3 Å². The molecule has 0 radical (unpaired) electrons. The quantitative estimate of drug-likeness (QED) is 0.809. The second kappa shape index (κ2) is 7.29. The molecule has 4 heteroatoms. The van der Waals surface area contributed by atoms with E-state index in [-0.39, 0.29) is 17.9 Å². The van der Waals surface area contributed by atoms with Gasteiger partial charge in [-0.25, -0.2) is 0 Å². The van der Waals surface area contributed by atoms with E-state index in [2.05, 4.69) is 0 Å². The van der Waals surface area contributed by atoms with Crippen molar-refractivity contribution in [3.63, 3.8) is 0 Å². The van der Waals surface area contributed by atoms with E-state index >= 15 is 0 Å². The minimum atomic E-state index is 0.130. The molecule has 0 aromatic heterocycles. The average molecular weight is 276 g/mol. The van der Waals surface area contributed by atoms with Gasteiger partial charge in [0.15, 0.2) is 0 Å². The van der Waals surface area contributed by atoms with Crippen LogP contribution in [0.1, 0.15) is 25.7 Å². The second-order valence-corrected chi connectivity index (χ2v) is 5.54. The Bertz CT molecular complexity index is 422. The summed E-state index contributed by atoms with van der Waals surface area (Å²) in [5.74, 6) is 1.24. The first-order valence-electron chi connectivity index (χ1n) is 7.35. The van der Waals surface area contributed by atoms with Crippen LogP contribution in [0, 0.1) is 5.92 Å². The minimum absolute atomic E-state index is 0.130. The van der Waals surface area contributed by atoms with Gasteiger partial charge in [-0.15, -0.1) is 0 Å². The lowest BCUT2D eigenvalue weighted by Gasteiger charge is -2.21. The van der Waals surface area contributed by atoms with Crippen molar-refractivity contribution in [2.24, 2.45) is 11.7 Å². The molecule has 0 spiro atoms. The lowest BCUT2D eigenvalue weighted by atomic mass is 10.1. The Balaban J connectivity index is 1.65. The van der Waals surface area contributed by atoms with Crippen LogP contribution in [-0.2, 0) is 4.79 Å². The van der Waals surface area contributed by atoms with Crippen LogP contribution in [0.4, 0.5) is 0 Å². The number of carbonyl (C=O) groups excluding carboxylic acids is 1. The summed E-state index contributed by atoms with van der Waals surface area (Å²) >= 11 is 0. The Kier molecular flexibility index (Phi) is 5.41. The third kappa shape index (κ3) is 4.23. The first-order valence-corrected chi connectivity index (χ1v) is 7.35. The van der Waals surface area contributed by atoms with Crippen molar-refractivity contribution in [3.05, 3.63) is 30.3 Å². The number of benzene rings is 1. The summed E-state index contributed by atoms with van der Waals surface area (Å²) in [5, 5.41) is 0. The maximum Gasteiger partial charge on any atom is 0.225 e. The molecule has 20 heavy (non-hydrogen) atoms. The summed E-state index contributed by atoms with van der Waals surface area (Å²) in [6, 6.07) is 9.96. The summed E-state index contributed by atoms with van der Waals surface area (Å²) in [4.78, 5) is 14.0. The molecular weight excluding hydrogens is 252 g/mol. The van der Waals surface area contributed by atoms with E-state index in [4.69, 9.17) is 10.5 Å². The molecule has 0 bridgehead atoms. The SMILES string of the molecule is CN(CCCOc1ccccc1)C(=O)[C@H]1CC[C@@H](N)C1. The van der Waals surface area contributed by atoms with Crippen molar-refractivity contribution in [2.45, 2.75) is 31.7 Å². The zero-order valence-corrected chi connectivity index (χ0v) is 12.1. The molecule has 1 aliphatic rings. The van der Waals surface area contributed by atoms with Gasteiger partial charge in [-0.3, -0.25) is 4.79 Å². The monoisotopic (exact) mass is 276 g/mol. The highest BCUT2D eigenvalue weighted by atomic mass is 16.5. The lowest BCUT2D eigenvalue weighted by molar-refractivity contribution is -0.134. The Labute approximate surface area is 120 Å². The van der Waals surface area contributed by atoms with Crippen molar-refractivity contribution in [1.29, 1.82) is 0 Å². The van der Waals surface area contributed by atoms with Crippen molar-refractivity contribution in [2.75, 3.05) is 20.2 Å². The van der Waals surface area contributed by atoms with Crippen molar-refractivity contribution >= 4 is 5.91 Å². The van der Waals surface area contributed by atoms with Gasteiger partial charge in [0.2, 0.25) is 5.91 Å². The zero-order chi connectivity index (χ0) is 14.4. The van der Waals surface area contributed by atoms with Gasteiger partial charge in [-0.05, 0) is 37.8 Å². The van der Waals surface area contributed by atoms with Gasteiger partial charge >= 0.3 is 0 Å². The number of nitrogens with two attached hydrogens (primary N) is 1. The summed E-state index contributed by atoms with van der Waals surface area (Å²) in [7, 11) is 1.87. The molecule has 1 amide bonds. The fourth-order valence-corrected chi connectivity index (χ4v) is 2.67. The number of hydrogen-bond donors (Lipinski definition) is 1. The van der Waals surface area contributed by atoms with Crippen molar-refractivity contribution < 1.29 is 9.53 Å². The van der Waals surface area contributed by atoms with Crippen LogP contribution in [0.5, 0.6) is 5.75 Å². The topological polar surface area (TPSA) is 55.6 Å². The summed E-state index contributed by atoms with van der Waals surface area (Å²) in [6.45, 7) is 1.36. The van der Waals surface area contributed by atoms with Gasteiger partial charge in [0, 0.05) is 25.6 Å². The molecule has 2 rings (SSSR count). The van der Waals surface area contributed by atoms with E-state index in [9.17, 15) is 4.79 Å². The number of rotatable bonds is 6. The number of carbonyl (C=O) groups is 1. The molecule has 0 unspecified atom stereocenters. The number of hydrogen-bond acceptors (Lipinski definition) is 3. The molecule has 1 aromatic carbocycles. The fraction of sp³-hybridized carbons (Fsp3) is 0.562. The van der Waals surface area contributed by atoms with E-state index in [0.717, 1.165) is 38.0 Å². The van der Waals surface area contributed by atoms with Crippen LogP contribution in [-0.4, -0.2) is 37.0 Å². The van der Waals surface area contributed by atoms with Crippen molar-refractivity contribution in [1.82, 2.24) is 4.90 Å². The van der Waals surface area contributed by atoms with Crippen LogP contribution in [0.25, 0.3) is 0 Å². The van der Waals surface area contributed by atoms with Crippen LogP contribution < -0.4 is 10.5 Å². The normalized spacial score (nSPS) is 21.7. The lowest BCUT2D eigenvalue weighted by Crippen LogP contribution is -2.33. The van der Waals surface area contributed by atoms with Gasteiger partial charge in [-0.2, -0.15) is 0 Å². The number of nitrogens with zero attached hydrogens (tertiary/aromatic N) is 1. The van der Waals surface area contributed by atoms with Crippen LogP contribution in [0.3, 0.4) is 0 Å². The highest BCUT2D eigenvalue weighted by Gasteiger charge is 2.29. The molecule has 1 fully saturated rings. The second-order valence-electron chi connectivity index (χ2n) is 5.54. The Hall–Kier alpha value is -1.55. The smallest absolute Gasteiger partial charge is 0.225 e. The molecular formula is C16H24N2O2. The minimum Gasteiger partial charge on any atom is -0.494 e. The van der Waals surface area contributed by atoms with E-state index in [1.807, 2.05) is 42.3 Å². The predicted molar refractivity (Wildman–Crippen MR) is 79.5 cm³/mol. The first-order chi connectivity index (χ1) is 9.66. The maximum atomic E-state index is 12.2. The number of amides is 1. The summed E-state index contributed by atoms with van der Waals surface area (Å²) < 4.78 is 5.62. The van der Waals surface area contributed by atoms with Gasteiger partial charge in [0.1, 0.15) is 5.75 Å². The predicted octanol–water partition coefficient (Wildman–Crippen LogP) is 2.04. The largest absolute Gasteiger partial charge is 0.494 e. The van der Waals surface area contributed by atoms with Gasteiger partial charge in [-0.1, -0.05) is 18.2 Å². The molecule has 0 saturated heterocycles. The maximum absolute atomic E-state index is 12.2. The third-order valence-electron chi connectivity index (χ3n) is 3.85. The van der Waals surface area contributed by atoms with E-state index in [1.165, 1.54) is 0 Å². The first kappa shape index (κ1) is 14.9. The Morgan fingerprint density at radius 3 is 2.75 bits per heavy atom. The zero-order valence-electron chi connectivity index (χ0n) is 12.1. The van der Waals surface area contributed by atoms with Crippen LogP contribution in [0.2, 0.25) is 0 Å². The molecule has 0 heterocycles. The highest BCUT2D eigenvalue weighted by molar-refractivity contribution is 5.78. The molecule has 1 aromatic rings. The van der Waals surface area contributed by atoms with Gasteiger partial charge in [0.05, 0.1) is 6.61 Å². The van der Waals surface area contributed by atoms with Gasteiger partial charge in [0.25, 0.3) is 0 Å². The molecule has 1 aliphatic carbocycles. The number of ether oxygens (including phenoxy) is 1. The van der Waals surface area contributed by atoms with E-state index in [1.54, 1.807) is 0 Å². The van der Waals surface area contributed by atoms with Crippen LogP contribution >= 0.6 is 0 Å². The Morgan fingerprint density at radius 1 is 1.35 bits per heavy atom. The molecule has 4 nitrogen and oxygen atoms in total. The van der Waals surface area contributed by atoms with E-state index < -0.39 is 0 Å². The number of para-hydroxylation sites is 1. The van der Waals surface area contributed by atoms with Crippen molar-refractivity contribution in [3.8, 4) is 5.75 Å². The highest BCUT2D eigenvalue weighted by Crippen LogP contribution is 2.25. The Morgan fingerprint density at radius 2 is 2.10 bits per heavy atom. The molecule has 2 atom stereocenters. The summed E-state index contributed by atoms with van der Waals surface area (Å²) in [6.07, 6.45) is 3.59. The summed E-state index contributed by atoms with van der Waals surface area (Å²) in [5.41, 5.74) is 5.86. The fourth-order valence-electron chi connectivity index (χ4n) is 2.67. The van der Waals surface area contributed by atoms with E-state index in [0.29, 0.717) is 6.61 Å². The third-order valence-corrected chi connectivity index (χ3v) is 3.85. The van der Waals surface area contributed by atoms with Gasteiger partial charge < -0.3 is 15.4 Å². The molecule has 0 aliphatic heterocycles. The standard InChI is InChI=1S/C16H24N2O2/c1-18(16(19)13-8-9-14(17)12-13)10-5-11-20-15-6-3-2-4-7-15/h2-4,6-7,13-14H,5,8-12,17H2,1H3/t13-,14+/m0/s1.